The van der Waals surface area contributed by atoms with Crippen LogP contribution in [-0.2, 0) is 11.3 Å². The Bertz CT molecular complexity index is 887. The van der Waals surface area contributed by atoms with Crippen LogP contribution in [0, 0.1) is 0 Å². The van der Waals surface area contributed by atoms with Crippen LogP contribution in [0.2, 0.25) is 0 Å². The highest BCUT2D eigenvalue weighted by Gasteiger charge is 2.15. The molecule has 0 saturated carbocycles. The summed E-state index contributed by atoms with van der Waals surface area (Å²) in [4.78, 5) is 13.7. The number of benzene rings is 3. The SMILES string of the molecule is CC[NH+](CC(=O)Nc1cccc(OC)c1)Cc1cccc2ccccc12. The molecule has 26 heavy (non-hydrogen) atoms. The van der Waals surface area contributed by atoms with Crippen molar-refractivity contribution in [2.75, 3.05) is 25.5 Å². The first-order valence-electron chi connectivity index (χ1n) is 8.93. The zero-order valence-electron chi connectivity index (χ0n) is 15.3. The second kappa shape index (κ2) is 8.50. The molecule has 4 heteroatoms. The number of ether oxygens (including phenoxy) is 1. The highest BCUT2D eigenvalue weighted by molar-refractivity contribution is 5.91. The van der Waals surface area contributed by atoms with Crippen molar-refractivity contribution in [3.63, 3.8) is 0 Å². The van der Waals surface area contributed by atoms with Gasteiger partial charge in [0, 0.05) is 17.3 Å². The zero-order valence-corrected chi connectivity index (χ0v) is 15.3. The van der Waals surface area contributed by atoms with E-state index in [0.29, 0.717) is 6.54 Å². The molecule has 4 nitrogen and oxygen atoms in total. The number of hydrogen-bond acceptors (Lipinski definition) is 2. The molecule has 1 atom stereocenters. The molecule has 0 fully saturated rings. The van der Waals surface area contributed by atoms with Crippen molar-refractivity contribution in [1.82, 2.24) is 0 Å². The lowest BCUT2D eigenvalue weighted by Crippen LogP contribution is -3.11. The normalized spacial score (nSPS) is 11.9. The topological polar surface area (TPSA) is 42.8 Å². The van der Waals surface area contributed by atoms with E-state index in [1.165, 1.54) is 21.2 Å². The standard InChI is InChI=1S/C22H24N2O2/c1-3-24(15-18-10-6-9-17-8-4-5-13-21(17)18)16-22(25)23-19-11-7-12-20(14-19)26-2/h4-14H,3,15-16H2,1-2H3,(H,23,25)/p+1. The van der Waals surface area contributed by atoms with Crippen molar-refractivity contribution in [1.29, 1.82) is 0 Å². The summed E-state index contributed by atoms with van der Waals surface area (Å²) in [7, 11) is 1.62. The first kappa shape index (κ1) is 18.0. The Kier molecular flexibility index (Phi) is 5.87. The van der Waals surface area contributed by atoms with E-state index in [-0.39, 0.29) is 5.91 Å². The minimum absolute atomic E-state index is 0.00957. The van der Waals surface area contributed by atoms with E-state index in [9.17, 15) is 4.79 Å². The van der Waals surface area contributed by atoms with Crippen LogP contribution in [0.1, 0.15) is 12.5 Å². The number of quaternary nitrogens is 1. The number of likely N-dealkylation sites (N-methyl/N-ethyl adjacent to an activating group) is 1. The van der Waals surface area contributed by atoms with Crippen molar-refractivity contribution in [2.45, 2.75) is 13.5 Å². The molecule has 3 aromatic rings. The van der Waals surface area contributed by atoms with Crippen molar-refractivity contribution in [3.8, 4) is 5.75 Å². The van der Waals surface area contributed by atoms with Crippen molar-refractivity contribution in [2.24, 2.45) is 0 Å². The summed E-state index contributed by atoms with van der Waals surface area (Å²) in [6.07, 6.45) is 0. The smallest absolute Gasteiger partial charge is 0.279 e. The second-order valence-corrected chi connectivity index (χ2v) is 6.38. The van der Waals surface area contributed by atoms with Gasteiger partial charge < -0.3 is 15.0 Å². The number of nitrogens with one attached hydrogen (secondary N) is 2. The van der Waals surface area contributed by atoms with E-state index in [1.54, 1.807) is 7.11 Å². The monoisotopic (exact) mass is 349 g/mol. The summed E-state index contributed by atoms with van der Waals surface area (Å²) < 4.78 is 5.20. The minimum Gasteiger partial charge on any atom is -0.497 e. The fourth-order valence-corrected chi connectivity index (χ4v) is 3.16. The van der Waals surface area contributed by atoms with Gasteiger partial charge in [-0.2, -0.15) is 0 Å². The number of carbonyl (C=O) groups excluding carboxylic acids is 1. The molecule has 0 radical (unpaired) electrons. The number of fused-ring (bicyclic) bond motifs is 1. The molecule has 134 valence electrons. The van der Waals surface area contributed by atoms with Gasteiger partial charge in [0.15, 0.2) is 6.54 Å². The van der Waals surface area contributed by atoms with Crippen molar-refractivity contribution >= 4 is 22.4 Å². The van der Waals surface area contributed by atoms with Crippen LogP contribution in [0.3, 0.4) is 0 Å². The van der Waals surface area contributed by atoms with E-state index in [0.717, 1.165) is 24.5 Å². The van der Waals surface area contributed by atoms with E-state index in [1.807, 2.05) is 24.3 Å². The molecular formula is C22H25N2O2+. The van der Waals surface area contributed by atoms with Gasteiger partial charge in [-0.05, 0) is 29.8 Å². The van der Waals surface area contributed by atoms with Gasteiger partial charge >= 0.3 is 0 Å². The predicted molar refractivity (Wildman–Crippen MR) is 106 cm³/mol. The Labute approximate surface area is 154 Å². The molecular weight excluding hydrogens is 324 g/mol. The molecule has 0 aliphatic carbocycles. The predicted octanol–water partition coefficient (Wildman–Crippen LogP) is 2.89. The van der Waals surface area contributed by atoms with Gasteiger partial charge in [0.2, 0.25) is 0 Å². The Hall–Kier alpha value is -2.85. The third-order valence-corrected chi connectivity index (χ3v) is 4.58. The largest absolute Gasteiger partial charge is 0.497 e. The molecule has 0 spiro atoms. The number of methoxy groups -OCH3 is 1. The maximum atomic E-state index is 12.5. The van der Waals surface area contributed by atoms with Gasteiger partial charge in [-0.15, -0.1) is 0 Å². The van der Waals surface area contributed by atoms with E-state index in [4.69, 9.17) is 4.74 Å². The Balaban J connectivity index is 1.68. The molecule has 3 aromatic carbocycles. The fourth-order valence-electron chi connectivity index (χ4n) is 3.16. The van der Waals surface area contributed by atoms with Crippen LogP contribution >= 0.6 is 0 Å². The Morgan fingerprint density at radius 3 is 2.62 bits per heavy atom. The highest BCUT2D eigenvalue weighted by Crippen LogP contribution is 2.18. The summed E-state index contributed by atoms with van der Waals surface area (Å²) in [5.41, 5.74) is 2.03. The van der Waals surface area contributed by atoms with Gasteiger partial charge in [-0.25, -0.2) is 0 Å². The van der Waals surface area contributed by atoms with Crippen LogP contribution < -0.4 is 15.0 Å². The molecule has 1 amide bonds. The lowest BCUT2D eigenvalue weighted by atomic mass is 10.0. The van der Waals surface area contributed by atoms with Crippen LogP contribution in [0.15, 0.2) is 66.7 Å². The number of anilines is 1. The molecule has 1 unspecified atom stereocenters. The molecule has 0 bridgehead atoms. The lowest BCUT2D eigenvalue weighted by Gasteiger charge is -2.18. The number of amides is 1. The highest BCUT2D eigenvalue weighted by atomic mass is 16.5. The van der Waals surface area contributed by atoms with Crippen molar-refractivity contribution < 1.29 is 14.4 Å². The molecule has 0 heterocycles. The summed E-state index contributed by atoms with van der Waals surface area (Å²) in [6.45, 7) is 4.24. The van der Waals surface area contributed by atoms with E-state index >= 15 is 0 Å². The van der Waals surface area contributed by atoms with E-state index in [2.05, 4.69) is 54.7 Å². The van der Waals surface area contributed by atoms with Crippen LogP contribution in [0.25, 0.3) is 10.8 Å². The molecule has 0 aliphatic rings. The maximum Gasteiger partial charge on any atom is 0.279 e. The van der Waals surface area contributed by atoms with Gasteiger partial charge in [0.1, 0.15) is 12.3 Å². The molecule has 0 saturated heterocycles. The summed E-state index contributed by atoms with van der Waals surface area (Å²) in [5.74, 6) is 0.744. The Morgan fingerprint density at radius 1 is 1.04 bits per heavy atom. The quantitative estimate of drug-likeness (QED) is 0.689. The molecule has 2 N–H and O–H groups in total. The number of carbonyl (C=O) groups is 1. The number of rotatable bonds is 7. The Morgan fingerprint density at radius 2 is 1.81 bits per heavy atom. The summed E-state index contributed by atoms with van der Waals surface area (Å²) in [5, 5.41) is 5.46. The average Bonchev–Trinajstić information content (AvgIpc) is 2.67. The van der Waals surface area contributed by atoms with Crippen LogP contribution in [0.5, 0.6) is 5.75 Å². The first-order chi connectivity index (χ1) is 12.7. The maximum absolute atomic E-state index is 12.5. The fraction of sp³-hybridized carbons (Fsp3) is 0.227. The van der Waals surface area contributed by atoms with Gasteiger partial charge in [-0.3, -0.25) is 4.79 Å². The number of hydrogen-bond donors (Lipinski definition) is 2. The first-order valence-corrected chi connectivity index (χ1v) is 8.93. The van der Waals surface area contributed by atoms with Crippen molar-refractivity contribution in [3.05, 3.63) is 72.3 Å². The third kappa shape index (κ3) is 4.41. The van der Waals surface area contributed by atoms with Gasteiger partial charge in [-0.1, -0.05) is 48.5 Å². The third-order valence-electron chi connectivity index (χ3n) is 4.58. The van der Waals surface area contributed by atoms with Crippen LogP contribution in [-0.4, -0.2) is 26.1 Å². The minimum atomic E-state index is 0.00957. The van der Waals surface area contributed by atoms with Gasteiger partial charge in [0.25, 0.3) is 5.91 Å². The van der Waals surface area contributed by atoms with Crippen LogP contribution in [0.4, 0.5) is 5.69 Å². The van der Waals surface area contributed by atoms with Gasteiger partial charge in [0.05, 0.1) is 13.7 Å². The summed E-state index contributed by atoms with van der Waals surface area (Å²) >= 11 is 0. The zero-order chi connectivity index (χ0) is 18.4. The molecule has 0 aromatic heterocycles. The lowest BCUT2D eigenvalue weighted by molar-refractivity contribution is -0.903. The second-order valence-electron chi connectivity index (χ2n) is 6.38. The molecule has 0 aliphatic heterocycles. The van der Waals surface area contributed by atoms with E-state index < -0.39 is 0 Å². The molecule has 3 rings (SSSR count). The summed E-state index contributed by atoms with van der Waals surface area (Å²) in [6, 6.07) is 22.2. The average molecular weight is 349 g/mol.